The fourth-order valence-corrected chi connectivity index (χ4v) is 1.87. The zero-order valence-corrected chi connectivity index (χ0v) is 9.55. The minimum atomic E-state index is -0.621. The van der Waals surface area contributed by atoms with E-state index in [4.69, 9.17) is 11.6 Å². The van der Waals surface area contributed by atoms with E-state index in [2.05, 4.69) is 9.72 Å². The molecule has 0 aliphatic heterocycles. The summed E-state index contributed by atoms with van der Waals surface area (Å²) in [6.45, 7) is 1.83. The molecule has 2 aromatic rings. The van der Waals surface area contributed by atoms with E-state index in [-0.39, 0.29) is 11.4 Å². The van der Waals surface area contributed by atoms with E-state index in [1.807, 2.05) is 6.92 Å². The second-order valence-electron chi connectivity index (χ2n) is 3.45. The molecule has 0 aliphatic rings. The minimum absolute atomic E-state index is 0.0219. The molecule has 1 aromatic carbocycles. The molecule has 0 aliphatic carbocycles. The average Bonchev–Trinajstić information content (AvgIpc) is 2.62. The molecule has 2 N–H and O–H groups in total. The number of ether oxygens (including phenoxy) is 1. The van der Waals surface area contributed by atoms with Crippen molar-refractivity contribution >= 4 is 28.5 Å². The number of methoxy groups -OCH3 is 1. The maximum Gasteiger partial charge on any atom is 0.358 e. The van der Waals surface area contributed by atoms with Gasteiger partial charge in [0.1, 0.15) is 0 Å². The summed E-state index contributed by atoms with van der Waals surface area (Å²) >= 11 is 5.97. The maximum atomic E-state index is 11.4. The van der Waals surface area contributed by atoms with E-state index in [0.29, 0.717) is 15.9 Å². The molecule has 4 nitrogen and oxygen atoms in total. The highest BCUT2D eigenvalue weighted by molar-refractivity contribution is 6.35. The molecule has 5 heteroatoms. The average molecular weight is 240 g/mol. The second kappa shape index (κ2) is 3.72. The Morgan fingerprint density at radius 3 is 2.75 bits per heavy atom. The van der Waals surface area contributed by atoms with Gasteiger partial charge in [-0.1, -0.05) is 17.7 Å². The number of H-pyrrole nitrogens is 1. The smallest absolute Gasteiger partial charge is 0.358 e. The summed E-state index contributed by atoms with van der Waals surface area (Å²) in [6.07, 6.45) is 0. The second-order valence-corrected chi connectivity index (χ2v) is 3.86. The number of aromatic hydroxyl groups is 1. The number of carbonyl (C=O) groups is 1. The molecular weight excluding hydrogens is 230 g/mol. The molecule has 84 valence electrons. The minimum Gasteiger partial charge on any atom is -0.505 e. The lowest BCUT2D eigenvalue weighted by Crippen LogP contribution is -2.01. The number of carbonyl (C=O) groups excluding carboxylic acids is 1. The molecule has 0 fully saturated rings. The highest BCUT2D eigenvalue weighted by Crippen LogP contribution is 2.35. The molecule has 0 unspecified atom stereocenters. The first-order chi connectivity index (χ1) is 7.56. The molecule has 0 saturated carbocycles. The molecule has 0 saturated heterocycles. The standard InChI is InChI=1S/C11H10ClNO3/c1-5-3-4-6(12)8-7(5)10(14)9(13-8)11(15)16-2/h3-4,13-14H,1-2H3. The van der Waals surface area contributed by atoms with Gasteiger partial charge < -0.3 is 14.8 Å². The highest BCUT2D eigenvalue weighted by atomic mass is 35.5. The van der Waals surface area contributed by atoms with Crippen LogP contribution < -0.4 is 0 Å². The van der Waals surface area contributed by atoms with Gasteiger partial charge in [-0.05, 0) is 18.6 Å². The van der Waals surface area contributed by atoms with Crippen LogP contribution in [0.25, 0.3) is 10.9 Å². The predicted octanol–water partition coefficient (Wildman–Crippen LogP) is 2.62. The van der Waals surface area contributed by atoms with Gasteiger partial charge >= 0.3 is 5.97 Å². The lowest BCUT2D eigenvalue weighted by Gasteiger charge is -1.98. The van der Waals surface area contributed by atoms with Gasteiger partial charge in [0, 0.05) is 5.39 Å². The summed E-state index contributed by atoms with van der Waals surface area (Å²) in [5, 5.41) is 10.9. The normalized spacial score (nSPS) is 10.7. The van der Waals surface area contributed by atoms with Crippen LogP contribution in [-0.2, 0) is 4.74 Å². The molecule has 0 spiro atoms. The zero-order valence-electron chi connectivity index (χ0n) is 8.80. The Morgan fingerprint density at radius 1 is 1.50 bits per heavy atom. The number of hydrogen-bond donors (Lipinski definition) is 2. The number of hydrogen-bond acceptors (Lipinski definition) is 3. The van der Waals surface area contributed by atoms with Gasteiger partial charge in [-0.2, -0.15) is 0 Å². The summed E-state index contributed by atoms with van der Waals surface area (Å²) in [4.78, 5) is 14.1. The summed E-state index contributed by atoms with van der Waals surface area (Å²) in [6, 6.07) is 3.48. The van der Waals surface area contributed by atoms with Gasteiger partial charge in [-0.25, -0.2) is 4.79 Å². The number of esters is 1. The van der Waals surface area contributed by atoms with Crippen LogP contribution in [0.3, 0.4) is 0 Å². The first-order valence-corrected chi connectivity index (χ1v) is 5.02. The van der Waals surface area contributed by atoms with Crippen molar-refractivity contribution < 1.29 is 14.6 Å². The Kier molecular flexibility index (Phi) is 2.52. The molecule has 0 amide bonds. The first-order valence-electron chi connectivity index (χ1n) is 4.64. The van der Waals surface area contributed by atoms with Gasteiger partial charge in [0.25, 0.3) is 0 Å². The molecule has 0 bridgehead atoms. The van der Waals surface area contributed by atoms with E-state index >= 15 is 0 Å². The number of aryl methyl sites for hydroxylation is 1. The number of nitrogens with one attached hydrogen (secondary N) is 1. The van der Waals surface area contributed by atoms with Crippen LogP contribution >= 0.6 is 11.6 Å². The van der Waals surface area contributed by atoms with E-state index < -0.39 is 5.97 Å². The Bertz CT molecular complexity index is 574. The Labute approximate surface area is 96.8 Å². The predicted molar refractivity (Wildman–Crippen MR) is 61.1 cm³/mol. The summed E-state index contributed by atoms with van der Waals surface area (Å²) in [5.74, 6) is -0.744. The van der Waals surface area contributed by atoms with Crippen LogP contribution in [0, 0.1) is 6.92 Å². The van der Waals surface area contributed by atoms with Crippen molar-refractivity contribution in [3.63, 3.8) is 0 Å². The summed E-state index contributed by atoms with van der Waals surface area (Å²) < 4.78 is 4.55. The molecule has 2 rings (SSSR count). The van der Waals surface area contributed by atoms with Crippen LogP contribution in [-0.4, -0.2) is 23.2 Å². The highest BCUT2D eigenvalue weighted by Gasteiger charge is 2.20. The Hall–Kier alpha value is -1.68. The summed E-state index contributed by atoms with van der Waals surface area (Å²) in [7, 11) is 1.25. The molecule has 16 heavy (non-hydrogen) atoms. The van der Waals surface area contributed by atoms with Gasteiger partial charge in [-0.3, -0.25) is 0 Å². The fraction of sp³-hybridized carbons (Fsp3) is 0.182. The number of fused-ring (bicyclic) bond motifs is 1. The van der Waals surface area contributed by atoms with Crippen LogP contribution in [0.15, 0.2) is 12.1 Å². The number of aromatic nitrogens is 1. The molecule has 1 aromatic heterocycles. The molecular formula is C11H10ClNO3. The van der Waals surface area contributed by atoms with Crippen LogP contribution in [0.4, 0.5) is 0 Å². The van der Waals surface area contributed by atoms with Crippen molar-refractivity contribution in [2.75, 3.05) is 7.11 Å². The van der Waals surface area contributed by atoms with E-state index in [0.717, 1.165) is 5.56 Å². The number of rotatable bonds is 1. The van der Waals surface area contributed by atoms with Crippen LogP contribution in [0.2, 0.25) is 5.02 Å². The van der Waals surface area contributed by atoms with Crippen molar-refractivity contribution in [2.45, 2.75) is 6.92 Å². The fourth-order valence-electron chi connectivity index (χ4n) is 1.67. The van der Waals surface area contributed by atoms with Gasteiger partial charge in [0.2, 0.25) is 0 Å². The third kappa shape index (κ3) is 1.42. The van der Waals surface area contributed by atoms with Crippen molar-refractivity contribution in [2.24, 2.45) is 0 Å². The summed E-state index contributed by atoms with van der Waals surface area (Å²) in [5.41, 5.74) is 1.40. The van der Waals surface area contributed by atoms with E-state index in [1.165, 1.54) is 7.11 Å². The molecule has 0 atom stereocenters. The quantitative estimate of drug-likeness (QED) is 0.752. The van der Waals surface area contributed by atoms with Crippen molar-refractivity contribution in [3.8, 4) is 5.75 Å². The number of benzene rings is 1. The van der Waals surface area contributed by atoms with E-state index in [1.54, 1.807) is 12.1 Å². The van der Waals surface area contributed by atoms with Crippen molar-refractivity contribution in [3.05, 3.63) is 28.4 Å². The van der Waals surface area contributed by atoms with Crippen molar-refractivity contribution in [1.82, 2.24) is 4.98 Å². The molecule has 0 radical (unpaired) electrons. The maximum absolute atomic E-state index is 11.4. The van der Waals surface area contributed by atoms with Crippen LogP contribution in [0.5, 0.6) is 5.75 Å². The lowest BCUT2D eigenvalue weighted by molar-refractivity contribution is 0.0592. The monoisotopic (exact) mass is 239 g/mol. The SMILES string of the molecule is COC(=O)c1[nH]c2c(Cl)ccc(C)c2c1O. The zero-order chi connectivity index (χ0) is 11.9. The third-order valence-corrected chi connectivity index (χ3v) is 2.79. The Morgan fingerprint density at radius 2 is 2.19 bits per heavy atom. The number of halogens is 1. The van der Waals surface area contributed by atoms with Crippen LogP contribution in [0.1, 0.15) is 16.1 Å². The van der Waals surface area contributed by atoms with Crippen molar-refractivity contribution in [1.29, 1.82) is 0 Å². The first kappa shape index (κ1) is 10.8. The largest absolute Gasteiger partial charge is 0.505 e. The topological polar surface area (TPSA) is 62.3 Å². The van der Waals surface area contributed by atoms with Gasteiger partial charge in [0.15, 0.2) is 11.4 Å². The Balaban J connectivity index is 2.82. The number of aromatic amines is 1. The lowest BCUT2D eigenvalue weighted by atomic mass is 10.1. The van der Waals surface area contributed by atoms with Gasteiger partial charge in [0.05, 0.1) is 17.6 Å². The van der Waals surface area contributed by atoms with Gasteiger partial charge in [-0.15, -0.1) is 0 Å². The van der Waals surface area contributed by atoms with E-state index in [9.17, 15) is 9.90 Å². The molecule has 1 heterocycles. The third-order valence-electron chi connectivity index (χ3n) is 2.48.